The molecule has 0 saturated carbocycles. The minimum Gasteiger partial charge on any atom is -0.450 e. The maximum atomic E-state index is 12.3. The van der Waals surface area contributed by atoms with Gasteiger partial charge in [0.15, 0.2) is 0 Å². The number of hydrogen-bond acceptors (Lipinski definition) is 4. The van der Waals surface area contributed by atoms with Gasteiger partial charge in [0.2, 0.25) is 11.8 Å². The van der Waals surface area contributed by atoms with Gasteiger partial charge in [-0.2, -0.15) is 0 Å². The zero-order chi connectivity index (χ0) is 18.4. The van der Waals surface area contributed by atoms with Gasteiger partial charge in [0.1, 0.15) is 6.42 Å². The molecule has 25 heavy (non-hydrogen) atoms. The Morgan fingerprint density at radius 3 is 2.44 bits per heavy atom. The van der Waals surface area contributed by atoms with Crippen LogP contribution in [0.2, 0.25) is 5.02 Å². The van der Waals surface area contributed by atoms with E-state index in [9.17, 15) is 14.4 Å². The fourth-order valence-electron chi connectivity index (χ4n) is 2.54. The Balaban J connectivity index is 1.83. The number of rotatable bonds is 4. The molecule has 1 heterocycles. The fourth-order valence-corrected chi connectivity index (χ4v) is 2.71. The lowest BCUT2D eigenvalue weighted by atomic mass is 10.2. The number of hydrogen-bond donors (Lipinski definition) is 1. The molecule has 0 radical (unpaired) electrons. The second-order valence-corrected chi connectivity index (χ2v) is 6.11. The molecule has 1 N–H and O–H groups in total. The Morgan fingerprint density at radius 1 is 1.16 bits per heavy atom. The molecule has 136 valence electrons. The number of halogens is 1. The van der Waals surface area contributed by atoms with Crippen molar-refractivity contribution in [2.75, 3.05) is 38.1 Å². The lowest BCUT2D eigenvalue weighted by molar-refractivity contribution is -0.135. The number of carbonyl (C=O) groups excluding carboxylic acids is 3. The molecular formula is C17H22ClN3O4. The lowest BCUT2D eigenvalue weighted by Gasteiger charge is -2.34. The SMILES string of the molecule is CCOC(=O)N1CCN(C(=O)CC(=O)Nc2cccc(Cl)c2C)CC1. The van der Waals surface area contributed by atoms with E-state index in [1.54, 1.807) is 41.8 Å². The van der Waals surface area contributed by atoms with E-state index in [0.717, 1.165) is 5.56 Å². The van der Waals surface area contributed by atoms with Gasteiger partial charge in [0.05, 0.1) is 6.61 Å². The third kappa shape index (κ3) is 5.09. The van der Waals surface area contributed by atoms with Gasteiger partial charge >= 0.3 is 6.09 Å². The van der Waals surface area contributed by atoms with Crippen molar-refractivity contribution >= 4 is 35.2 Å². The van der Waals surface area contributed by atoms with Crippen molar-refractivity contribution < 1.29 is 19.1 Å². The number of amides is 3. The van der Waals surface area contributed by atoms with Crippen molar-refractivity contribution in [3.63, 3.8) is 0 Å². The largest absolute Gasteiger partial charge is 0.450 e. The van der Waals surface area contributed by atoms with Crippen LogP contribution in [0.25, 0.3) is 0 Å². The molecule has 7 nitrogen and oxygen atoms in total. The summed E-state index contributed by atoms with van der Waals surface area (Å²) < 4.78 is 4.94. The molecule has 1 aromatic rings. The summed E-state index contributed by atoms with van der Waals surface area (Å²) >= 11 is 6.02. The Hall–Kier alpha value is -2.28. The van der Waals surface area contributed by atoms with Gasteiger partial charge in [0, 0.05) is 36.9 Å². The summed E-state index contributed by atoms with van der Waals surface area (Å²) in [7, 11) is 0. The second-order valence-electron chi connectivity index (χ2n) is 5.70. The molecule has 0 aliphatic carbocycles. The number of ether oxygens (including phenoxy) is 1. The van der Waals surface area contributed by atoms with Crippen LogP contribution in [0.3, 0.4) is 0 Å². The van der Waals surface area contributed by atoms with Gasteiger partial charge in [-0.15, -0.1) is 0 Å². The van der Waals surface area contributed by atoms with Gasteiger partial charge in [0.25, 0.3) is 0 Å². The van der Waals surface area contributed by atoms with E-state index >= 15 is 0 Å². The third-order valence-electron chi connectivity index (χ3n) is 4.01. The van der Waals surface area contributed by atoms with Gasteiger partial charge in [-0.3, -0.25) is 9.59 Å². The zero-order valence-corrected chi connectivity index (χ0v) is 15.1. The van der Waals surface area contributed by atoms with Gasteiger partial charge in [-0.1, -0.05) is 17.7 Å². The smallest absolute Gasteiger partial charge is 0.409 e. The van der Waals surface area contributed by atoms with Gasteiger partial charge in [-0.25, -0.2) is 4.79 Å². The van der Waals surface area contributed by atoms with Crippen LogP contribution in [0.5, 0.6) is 0 Å². The molecule has 0 atom stereocenters. The minimum absolute atomic E-state index is 0.245. The van der Waals surface area contributed by atoms with E-state index in [1.807, 2.05) is 0 Å². The average Bonchev–Trinajstić information content (AvgIpc) is 2.59. The van der Waals surface area contributed by atoms with Crippen LogP contribution in [0, 0.1) is 6.92 Å². The van der Waals surface area contributed by atoms with Gasteiger partial charge < -0.3 is 19.9 Å². The van der Waals surface area contributed by atoms with Crippen LogP contribution < -0.4 is 5.32 Å². The number of nitrogens with zero attached hydrogens (tertiary/aromatic N) is 2. The monoisotopic (exact) mass is 367 g/mol. The lowest BCUT2D eigenvalue weighted by Crippen LogP contribution is -2.51. The maximum absolute atomic E-state index is 12.3. The molecule has 0 bridgehead atoms. The zero-order valence-electron chi connectivity index (χ0n) is 14.4. The first kappa shape index (κ1) is 19.1. The standard InChI is InChI=1S/C17H22ClN3O4/c1-3-25-17(24)21-9-7-20(8-10-21)16(23)11-15(22)19-14-6-4-5-13(18)12(14)2/h4-6H,3,7-11H2,1-2H3,(H,19,22). The highest BCUT2D eigenvalue weighted by Gasteiger charge is 2.25. The van der Waals surface area contributed by atoms with Crippen LogP contribution in [-0.4, -0.2) is 60.5 Å². The van der Waals surface area contributed by atoms with E-state index < -0.39 is 0 Å². The Bertz CT molecular complexity index is 657. The Labute approximate surface area is 151 Å². The normalized spacial score (nSPS) is 14.2. The summed E-state index contributed by atoms with van der Waals surface area (Å²) in [6, 6.07) is 5.21. The second kappa shape index (κ2) is 8.71. The molecule has 2 rings (SSSR count). The minimum atomic E-state index is -0.386. The van der Waals surface area contributed by atoms with Crippen molar-refractivity contribution in [2.45, 2.75) is 20.3 Å². The predicted molar refractivity (Wildman–Crippen MR) is 94.6 cm³/mol. The van der Waals surface area contributed by atoms with Crippen molar-refractivity contribution in [1.29, 1.82) is 0 Å². The summed E-state index contributed by atoms with van der Waals surface area (Å²) in [6.07, 6.45) is -0.616. The molecule has 0 unspecified atom stereocenters. The van der Waals surface area contributed by atoms with Crippen LogP contribution in [0.1, 0.15) is 18.9 Å². The van der Waals surface area contributed by atoms with Crippen molar-refractivity contribution in [3.8, 4) is 0 Å². The number of piperazine rings is 1. The first-order valence-electron chi connectivity index (χ1n) is 8.16. The number of anilines is 1. The molecule has 8 heteroatoms. The highest BCUT2D eigenvalue weighted by Crippen LogP contribution is 2.23. The van der Waals surface area contributed by atoms with Crippen LogP contribution in [-0.2, 0) is 14.3 Å². The summed E-state index contributed by atoms with van der Waals surface area (Å²) in [5, 5.41) is 3.26. The molecule has 1 aromatic carbocycles. The van der Waals surface area contributed by atoms with E-state index in [0.29, 0.717) is 43.5 Å². The molecule has 0 aromatic heterocycles. The van der Waals surface area contributed by atoms with Crippen molar-refractivity contribution in [2.24, 2.45) is 0 Å². The molecule has 1 aliphatic heterocycles. The summed E-state index contributed by atoms with van der Waals surface area (Å²) in [5.74, 6) is -0.649. The highest BCUT2D eigenvalue weighted by molar-refractivity contribution is 6.31. The predicted octanol–water partition coefficient (Wildman–Crippen LogP) is 2.28. The van der Waals surface area contributed by atoms with E-state index in [1.165, 1.54) is 0 Å². The number of nitrogens with one attached hydrogen (secondary N) is 1. The van der Waals surface area contributed by atoms with Crippen LogP contribution >= 0.6 is 11.6 Å². The van der Waals surface area contributed by atoms with E-state index in [2.05, 4.69) is 5.32 Å². The molecule has 1 saturated heterocycles. The summed E-state index contributed by atoms with van der Waals surface area (Å²) in [6.45, 7) is 5.45. The third-order valence-corrected chi connectivity index (χ3v) is 4.42. The molecule has 0 spiro atoms. The average molecular weight is 368 g/mol. The highest BCUT2D eigenvalue weighted by atomic mass is 35.5. The first-order chi connectivity index (χ1) is 11.9. The fraction of sp³-hybridized carbons (Fsp3) is 0.471. The van der Waals surface area contributed by atoms with Crippen molar-refractivity contribution in [3.05, 3.63) is 28.8 Å². The molecule has 1 aliphatic rings. The Morgan fingerprint density at radius 2 is 1.80 bits per heavy atom. The maximum Gasteiger partial charge on any atom is 0.409 e. The number of carbonyl (C=O) groups is 3. The molecule has 1 fully saturated rings. The molecule has 3 amide bonds. The van der Waals surface area contributed by atoms with E-state index in [-0.39, 0.29) is 24.3 Å². The summed E-state index contributed by atoms with van der Waals surface area (Å²) in [4.78, 5) is 39.1. The van der Waals surface area contributed by atoms with Crippen LogP contribution in [0.15, 0.2) is 18.2 Å². The van der Waals surface area contributed by atoms with Crippen LogP contribution in [0.4, 0.5) is 10.5 Å². The topological polar surface area (TPSA) is 79.0 Å². The quantitative estimate of drug-likeness (QED) is 0.828. The van der Waals surface area contributed by atoms with Gasteiger partial charge in [-0.05, 0) is 31.5 Å². The van der Waals surface area contributed by atoms with Crippen molar-refractivity contribution in [1.82, 2.24) is 9.80 Å². The number of benzene rings is 1. The summed E-state index contributed by atoms with van der Waals surface area (Å²) in [5.41, 5.74) is 1.35. The Kier molecular flexibility index (Phi) is 6.64. The van der Waals surface area contributed by atoms with E-state index in [4.69, 9.17) is 16.3 Å². The molecular weight excluding hydrogens is 346 g/mol. The first-order valence-corrected chi connectivity index (χ1v) is 8.54.